The average molecular weight is 224 g/mol. The van der Waals surface area contributed by atoms with Crippen molar-refractivity contribution in [1.82, 2.24) is 0 Å². The molecule has 1 aromatic rings. The van der Waals surface area contributed by atoms with Crippen LogP contribution < -0.4 is 11.5 Å². The van der Waals surface area contributed by atoms with E-state index in [1.54, 1.807) is 25.1 Å². The zero-order chi connectivity index (χ0) is 12.3. The van der Waals surface area contributed by atoms with Crippen molar-refractivity contribution in [2.45, 2.75) is 25.6 Å². The van der Waals surface area contributed by atoms with Crippen LogP contribution in [0.25, 0.3) is 0 Å². The van der Waals surface area contributed by atoms with Gasteiger partial charge in [-0.05, 0) is 12.5 Å². The highest BCUT2D eigenvalue weighted by molar-refractivity contribution is 5.74. The summed E-state index contributed by atoms with van der Waals surface area (Å²) in [6.07, 6.45) is -2.73. The molecule has 0 aromatic heterocycles. The lowest BCUT2D eigenvalue weighted by atomic mass is 9.98. The number of benzene rings is 1. The number of anilines is 1. The Bertz CT molecular complexity index is 393. The number of nitrogen functional groups attached to an aromatic ring is 1. The molecule has 16 heavy (non-hydrogen) atoms. The molecule has 2 atom stereocenters. The first-order chi connectivity index (χ1) is 7.43. The molecule has 0 saturated heterocycles. The smallest absolute Gasteiger partial charge is 0.220 e. The first-order valence-electron chi connectivity index (χ1n) is 4.93. The summed E-state index contributed by atoms with van der Waals surface area (Å²) in [6, 6.07) is 5.13. The third-order valence-corrected chi connectivity index (χ3v) is 2.45. The van der Waals surface area contributed by atoms with Gasteiger partial charge in [-0.3, -0.25) is 4.79 Å². The summed E-state index contributed by atoms with van der Waals surface area (Å²) in [4.78, 5) is 10.6. The van der Waals surface area contributed by atoms with Gasteiger partial charge < -0.3 is 21.7 Å². The summed E-state index contributed by atoms with van der Waals surface area (Å²) in [7, 11) is 0. The molecule has 0 saturated carbocycles. The highest BCUT2D eigenvalue weighted by atomic mass is 16.3. The minimum absolute atomic E-state index is 0.297. The number of carbonyl (C=O) groups excluding carboxylic acids is 1. The van der Waals surface area contributed by atoms with Gasteiger partial charge in [0, 0.05) is 11.3 Å². The lowest BCUT2D eigenvalue weighted by molar-refractivity contribution is -0.121. The molecular formula is C11H16N2O3. The van der Waals surface area contributed by atoms with E-state index >= 15 is 0 Å². The number of para-hydroxylation sites is 1. The van der Waals surface area contributed by atoms with Crippen LogP contribution in [0, 0.1) is 6.92 Å². The Balaban J connectivity index is 2.91. The number of hydrogen-bond acceptors (Lipinski definition) is 4. The van der Waals surface area contributed by atoms with Gasteiger partial charge in [0.15, 0.2) is 0 Å². The van der Waals surface area contributed by atoms with Crippen molar-refractivity contribution in [1.29, 1.82) is 0 Å². The number of primary amides is 1. The van der Waals surface area contributed by atoms with Crippen LogP contribution in [0.4, 0.5) is 5.69 Å². The summed E-state index contributed by atoms with van der Waals surface area (Å²) < 4.78 is 0. The maximum atomic E-state index is 10.6. The predicted octanol–water partition coefficient (Wildman–Crippen LogP) is -0.153. The van der Waals surface area contributed by atoms with Gasteiger partial charge in [0.05, 0.1) is 12.5 Å². The molecule has 0 radical (unpaired) electrons. The van der Waals surface area contributed by atoms with E-state index < -0.39 is 18.1 Å². The molecule has 2 unspecified atom stereocenters. The fourth-order valence-electron chi connectivity index (χ4n) is 1.49. The number of nitrogens with two attached hydrogens (primary N) is 2. The first kappa shape index (κ1) is 12.5. The second-order valence-corrected chi connectivity index (χ2v) is 3.76. The van der Waals surface area contributed by atoms with Crippen LogP contribution in [0.1, 0.15) is 23.7 Å². The van der Waals surface area contributed by atoms with Gasteiger partial charge in [0.1, 0.15) is 6.10 Å². The molecule has 0 aliphatic heterocycles. The number of aliphatic hydroxyl groups is 2. The van der Waals surface area contributed by atoms with Crippen molar-refractivity contribution in [3.63, 3.8) is 0 Å². The van der Waals surface area contributed by atoms with Crippen LogP contribution in [0.3, 0.4) is 0 Å². The molecule has 88 valence electrons. The summed E-state index contributed by atoms with van der Waals surface area (Å²) in [5.41, 5.74) is 12.3. The van der Waals surface area contributed by atoms with Crippen LogP contribution in [-0.2, 0) is 4.79 Å². The van der Waals surface area contributed by atoms with Crippen molar-refractivity contribution in [2.24, 2.45) is 5.73 Å². The van der Waals surface area contributed by atoms with Gasteiger partial charge >= 0.3 is 0 Å². The molecule has 1 amide bonds. The third kappa shape index (κ3) is 2.71. The lowest BCUT2D eigenvalue weighted by Gasteiger charge is -2.19. The second-order valence-electron chi connectivity index (χ2n) is 3.76. The highest BCUT2D eigenvalue weighted by Crippen LogP contribution is 2.26. The number of carbonyl (C=O) groups is 1. The van der Waals surface area contributed by atoms with Crippen LogP contribution in [0.5, 0.6) is 0 Å². The fraction of sp³-hybridized carbons (Fsp3) is 0.364. The Labute approximate surface area is 93.7 Å². The topological polar surface area (TPSA) is 110 Å². The van der Waals surface area contributed by atoms with Crippen molar-refractivity contribution in [3.8, 4) is 0 Å². The van der Waals surface area contributed by atoms with Gasteiger partial charge in [-0.25, -0.2) is 0 Å². The molecule has 0 spiro atoms. The number of aryl methyl sites for hydroxylation is 1. The van der Waals surface area contributed by atoms with Gasteiger partial charge in [0.2, 0.25) is 5.91 Å². The van der Waals surface area contributed by atoms with E-state index in [4.69, 9.17) is 11.5 Å². The van der Waals surface area contributed by atoms with E-state index in [1.807, 2.05) is 0 Å². The van der Waals surface area contributed by atoms with Crippen LogP contribution in [0.15, 0.2) is 18.2 Å². The molecule has 0 heterocycles. The van der Waals surface area contributed by atoms with Crippen molar-refractivity contribution >= 4 is 11.6 Å². The van der Waals surface area contributed by atoms with E-state index in [1.165, 1.54) is 0 Å². The van der Waals surface area contributed by atoms with Gasteiger partial charge in [0.25, 0.3) is 0 Å². The van der Waals surface area contributed by atoms with Crippen molar-refractivity contribution < 1.29 is 15.0 Å². The quantitative estimate of drug-likeness (QED) is 0.533. The SMILES string of the molecule is Cc1cccc(C(O)C(O)CC(N)=O)c1N. The summed E-state index contributed by atoms with van der Waals surface area (Å²) in [5.74, 6) is -0.669. The zero-order valence-electron chi connectivity index (χ0n) is 9.05. The molecule has 1 aromatic carbocycles. The molecule has 0 aliphatic rings. The van der Waals surface area contributed by atoms with Crippen molar-refractivity contribution in [2.75, 3.05) is 5.73 Å². The van der Waals surface area contributed by atoms with E-state index in [0.29, 0.717) is 11.3 Å². The fourth-order valence-corrected chi connectivity index (χ4v) is 1.49. The van der Waals surface area contributed by atoms with Gasteiger partial charge in [-0.1, -0.05) is 18.2 Å². The molecule has 6 N–H and O–H groups in total. The molecule has 1 rings (SSSR count). The summed E-state index contributed by atoms with van der Waals surface area (Å²) in [5, 5.41) is 19.4. The van der Waals surface area contributed by atoms with E-state index in [-0.39, 0.29) is 6.42 Å². The minimum atomic E-state index is -1.23. The monoisotopic (exact) mass is 224 g/mol. The normalized spacial score (nSPS) is 14.4. The van der Waals surface area contributed by atoms with E-state index in [0.717, 1.165) is 5.56 Å². The molecule has 0 aliphatic carbocycles. The largest absolute Gasteiger partial charge is 0.398 e. The Hall–Kier alpha value is -1.59. The minimum Gasteiger partial charge on any atom is -0.398 e. The molecule has 5 heteroatoms. The number of amides is 1. The summed E-state index contributed by atoms with van der Waals surface area (Å²) in [6.45, 7) is 1.80. The van der Waals surface area contributed by atoms with Gasteiger partial charge in [-0.2, -0.15) is 0 Å². The zero-order valence-corrected chi connectivity index (χ0v) is 9.05. The van der Waals surface area contributed by atoms with Crippen molar-refractivity contribution in [3.05, 3.63) is 29.3 Å². The van der Waals surface area contributed by atoms with E-state index in [2.05, 4.69) is 0 Å². The molecule has 0 bridgehead atoms. The molecular weight excluding hydrogens is 208 g/mol. The lowest BCUT2D eigenvalue weighted by Crippen LogP contribution is -2.26. The Morgan fingerprint density at radius 2 is 2.06 bits per heavy atom. The highest BCUT2D eigenvalue weighted by Gasteiger charge is 2.22. The third-order valence-electron chi connectivity index (χ3n) is 2.45. The first-order valence-corrected chi connectivity index (χ1v) is 4.93. The average Bonchev–Trinajstić information content (AvgIpc) is 2.20. The number of hydrogen-bond donors (Lipinski definition) is 4. The molecule has 0 fully saturated rings. The van der Waals surface area contributed by atoms with Crippen LogP contribution in [0.2, 0.25) is 0 Å². The maximum absolute atomic E-state index is 10.6. The second kappa shape index (κ2) is 4.96. The Morgan fingerprint density at radius 1 is 1.44 bits per heavy atom. The Kier molecular flexibility index (Phi) is 3.87. The van der Waals surface area contributed by atoms with E-state index in [9.17, 15) is 15.0 Å². The van der Waals surface area contributed by atoms with Crippen LogP contribution in [-0.4, -0.2) is 22.2 Å². The molecule has 5 nitrogen and oxygen atoms in total. The standard InChI is InChI=1S/C11H16N2O3/c1-6-3-2-4-7(10(6)13)11(16)8(14)5-9(12)15/h2-4,8,11,14,16H,5,13H2,1H3,(H2,12,15). The Morgan fingerprint density at radius 3 is 2.62 bits per heavy atom. The summed E-state index contributed by atoms with van der Waals surface area (Å²) >= 11 is 0. The number of aliphatic hydroxyl groups excluding tert-OH is 2. The van der Waals surface area contributed by atoms with Gasteiger partial charge in [-0.15, -0.1) is 0 Å². The maximum Gasteiger partial charge on any atom is 0.220 e. The number of rotatable bonds is 4. The predicted molar refractivity (Wildman–Crippen MR) is 60.4 cm³/mol. The van der Waals surface area contributed by atoms with Crippen LogP contribution >= 0.6 is 0 Å².